The number of hydrogen-bond acceptors (Lipinski definition) is 2. The van der Waals surface area contributed by atoms with Crippen LogP contribution in [0.1, 0.15) is 11.7 Å². The normalized spacial score (nSPS) is 12.8. The fourth-order valence-corrected chi connectivity index (χ4v) is 1.75. The molecule has 0 bridgehead atoms. The number of alkyl halides is 2. The third-order valence-electron chi connectivity index (χ3n) is 2.54. The summed E-state index contributed by atoms with van der Waals surface area (Å²) in [5, 5.41) is 10.6. The van der Waals surface area contributed by atoms with Crippen molar-refractivity contribution in [3.05, 3.63) is 48.0 Å². The van der Waals surface area contributed by atoms with Gasteiger partial charge >= 0.3 is 12.6 Å². The van der Waals surface area contributed by atoms with E-state index in [4.69, 9.17) is 5.11 Å². The maximum atomic E-state index is 12.2. The van der Waals surface area contributed by atoms with E-state index in [0.29, 0.717) is 0 Å². The van der Waals surface area contributed by atoms with Crippen molar-refractivity contribution in [3.8, 4) is 0 Å². The fourth-order valence-electron chi connectivity index (χ4n) is 1.75. The number of ether oxygens (including phenoxy) is 1. The molecule has 0 aliphatic heterocycles. The van der Waals surface area contributed by atoms with Crippen molar-refractivity contribution in [2.75, 3.05) is 0 Å². The molecule has 0 aromatic heterocycles. The summed E-state index contributed by atoms with van der Waals surface area (Å²) in [6.07, 6.45) is -1.66. The molecule has 0 saturated heterocycles. The molecule has 1 unspecified atom stereocenters. The number of carbonyl (C=O) groups is 1. The molecule has 1 N–H and O–H groups in total. The standard InChI is InChI=1S/C13H10F2O3/c14-13(15)18-11(12(16)17)10-6-5-8-3-1-2-4-9(8)7-10/h1-7,11,13H,(H,16,17). The Morgan fingerprint density at radius 3 is 2.39 bits per heavy atom. The van der Waals surface area contributed by atoms with Gasteiger partial charge in [-0.1, -0.05) is 36.4 Å². The van der Waals surface area contributed by atoms with Gasteiger partial charge in [-0.15, -0.1) is 0 Å². The first-order chi connectivity index (χ1) is 8.58. The molecular formula is C13H10F2O3. The number of rotatable bonds is 4. The number of fused-ring (bicyclic) bond motifs is 1. The fraction of sp³-hybridized carbons (Fsp3) is 0.154. The average Bonchev–Trinajstić information content (AvgIpc) is 2.35. The summed E-state index contributed by atoms with van der Waals surface area (Å²) >= 11 is 0. The van der Waals surface area contributed by atoms with E-state index in [9.17, 15) is 13.6 Å². The van der Waals surface area contributed by atoms with E-state index < -0.39 is 18.7 Å². The summed E-state index contributed by atoms with van der Waals surface area (Å²) in [4.78, 5) is 10.9. The summed E-state index contributed by atoms with van der Waals surface area (Å²) < 4.78 is 28.4. The molecule has 18 heavy (non-hydrogen) atoms. The van der Waals surface area contributed by atoms with Crippen molar-refractivity contribution in [1.29, 1.82) is 0 Å². The molecule has 2 rings (SSSR count). The lowest BCUT2D eigenvalue weighted by Crippen LogP contribution is -2.17. The smallest absolute Gasteiger partial charge is 0.346 e. The predicted molar refractivity (Wildman–Crippen MR) is 61.4 cm³/mol. The number of hydrogen-bond donors (Lipinski definition) is 1. The highest BCUT2D eigenvalue weighted by Crippen LogP contribution is 2.24. The van der Waals surface area contributed by atoms with Crippen molar-refractivity contribution in [2.45, 2.75) is 12.7 Å². The van der Waals surface area contributed by atoms with Crippen LogP contribution in [-0.4, -0.2) is 17.7 Å². The summed E-state index contributed by atoms with van der Waals surface area (Å²) in [5.41, 5.74) is 0.196. The van der Waals surface area contributed by atoms with Crippen LogP contribution < -0.4 is 0 Å². The minimum Gasteiger partial charge on any atom is -0.479 e. The van der Waals surface area contributed by atoms with E-state index in [1.807, 2.05) is 12.1 Å². The van der Waals surface area contributed by atoms with Crippen molar-refractivity contribution >= 4 is 16.7 Å². The van der Waals surface area contributed by atoms with Gasteiger partial charge in [-0.2, -0.15) is 8.78 Å². The monoisotopic (exact) mass is 252 g/mol. The Bertz CT molecular complexity index is 569. The third-order valence-corrected chi connectivity index (χ3v) is 2.54. The Balaban J connectivity index is 2.41. The van der Waals surface area contributed by atoms with E-state index in [-0.39, 0.29) is 5.56 Å². The van der Waals surface area contributed by atoms with Gasteiger partial charge in [-0.3, -0.25) is 0 Å². The Kier molecular flexibility index (Phi) is 3.53. The summed E-state index contributed by atoms with van der Waals surface area (Å²) in [7, 11) is 0. The van der Waals surface area contributed by atoms with Crippen LogP contribution >= 0.6 is 0 Å². The average molecular weight is 252 g/mol. The number of carboxylic acids is 1. The second kappa shape index (κ2) is 5.10. The predicted octanol–water partition coefficient (Wildman–Crippen LogP) is 3.20. The highest BCUT2D eigenvalue weighted by atomic mass is 19.3. The highest BCUT2D eigenvalue weighted by molar-refractivity contribution is 5.85. The largest absolute Gasteiger partial charge is 0.479 e. The quantitative estimate of drug-likeness (QED) is 0.908. The topological polar surface area (TPSA) is 46.5 Å². The molecule has 3 nitrogen and oxygen atoms in total. The Hall–Kier alpha value is -2.01. The molecule has 1 atom stereocenters. The van der Waals surface area contributed by atoms with Gasteiger partial charge in [0.1, 0.15) is 0 Å². The molecule has 0 radical (unpaired) electrons. The van der Waals surface area contributed by atoms with Crippen LogP contribution in [0, 0.1) is 0 Å². The van der Waals surface area contributed by atoms with E-state index in [2.05, 4.69) is 4.74 Å². The molecule has 0 aliphatic rings. The lowest BCUT2D eigenvalue weighted by molar-refractivity contribution is -0.188. The van der Waals surface area contributed by atoms with Gasteiger partial charge < -0.3 is 9.84 Å². The van der Waals surface area contributed by atoms with Crippen molar-refractivity contribution < 1.29 is 23.4 Å². The Morgan fingerprint density at radius 1 is 1.11 bits per heavy atom. The summed E-state index contributed by atoms with van der Waals surface area (Å²) in [6, 6.07) is 11.9. The minimum absolute atomic E-state index is 0.196. The summed E-state index contributed by atoms with van der Waals surface area (Å²) in [5.74, 6) is -1.44. The van der Waals surface area contributed by atoms with Crippen LogP contribution in [0.15, 0.2) is 42.5 Å². The van der Waals surface area contributed by atoms with Gasteiger partial charge in [0.15, 0.2) is 6.10 Å². The molecule has 2 aromatic carbocycles. The van der Waals surface area contributed by atoms with Gasteiger partial charge in [0.25, 0.3) is 0 Å². The maximum Gasteiger partial charge on any atom is 0.346 e. The van der Waals surface area contributed by atoms with Crippen molar-refractivity contribution in [2.24, 2.45) is 0 Å². The molecular weight excluding hydrogens is 242 g/mol. The van der Waals surface area contributed by atoms with Gasteiger partial charge in [-0.05, 0) is 22.4 Å². The van der Waals surface area contributed by atoms with Gasteiger partial charge in [-0.25, -0.2) is 4.79 Å². The molecule has 0 aliphatic carbocycles. The zero-order valence-corrected chi connectivity index (χ0v) is 9.22. The van der Waals surface area contributed by atoms with Crippen LogP contribution in [0.25, 0.3) is 10.8 Å². The van der Waals surface area contributed by atoms with Crippen molar-refractivity contribution in [3.63, 3.8) is 0 Å². The van der Waals surface area contributed by atoms with Gasteiger partial charge in [0.2, 0.25) is 0 Å². The first kappa shape index (κ1) is 12.4. The lowest BCUT2D eigenvalue weighted by Gasteiger charge is -2.13. The van der Waals surface area contributed by atoms with Crippen LogP contribution in [0.5, 0.6) is 0 Å². The summed E-state index contributed by atoms with van der Waals surface area (Å²) in [6.45, 7) is -3.13. The van der Waals surface area contributed by atoms with Gasteiger partial charge in [0, 0.05) is 0 Å². The molecule has 0 amide bonds. The molecule has 0 fully saturated rings. The van der Waals surface area contributed by atoms with E-state index in [0.717, 1.165) is 10.8 Å². The van der Waals surface area contributed by atoms with Crippen LogP contribution in [-0.2, 0) is 9.53 Å². The lowest BCUT2D eigenvalue weighted by atomic mass is 10.0. The highest BCUT2D eigenvalue weighted by Gasteiger charge is 2.24. The number of halogens is 2. The zero-order valence-electron chi connectivity index (χ0n) is 9.22. The van der Waals surface area contributed by atoms with E-state index in [1.54, 1.807) is 18.2 Å². The van der Waals surface area contributed by atoms with Crippen LogP contribution in [0.3, 0.4) is 0 Å². The minimum atomic E-state index is -3.13. The third kappa shape index (κ3) is 2.62. The molecule has 0 saturated carbocycles. The molecule has 0 heterocycles. The molecule has 2 aromatic rings. The van der Waals surface area contributed by atoms with E-state index >= 15 is 0 Å². The van der Waals surface area contributed by atoms with E-state index in [1.165, 1.54) is 12.1 Å². The maximum absolute atomic E-state index is 12.2. The Labute approximate surface area is 102 Å². The second-order valence-electron chi connectivity index (χ2n) is 3.72. The Morgan fingerprint density at radius 2 is 1.78 bits per heavy atom. The second-order valence-corrected chi connectivity index (χ2v) is 3.72. The van der Waals surface area contributed by atoms with Gasteiger partial charge in [0.05, 0.1) is 0 Å². The molecule has 0 spiro atoms. The zero-order chi connectivity index (χ0) is 13.1. The number of benzene rings is 2. The number of carboxylic acid groups (broad SMARTS) is 1. The van der Waals surface area contributed by atoms with Crippen LogP contribution in [0.4, 0.5) is 8.78 Å². The van der Waals surface area contributed by atoms with Crippen molar-refractivity contribution in [1.82, 2.24) is 0 Å². The molecule has 5 heteroatoms. The number of aliphatic carboxylic acids is 1. The molecule has 94 valence electrons. The first-order valence-electron chi connectivity index (χ1n) is 5.23. The SMILES string of the molecule is O=C(O)C(OC(F)F)c1ccc2ccccc2c1. The first-order valence-corrected chi connectivity index (χ1v) is 5.23. The van der Waals surface area contributed by atoms with Crippen LogP contribution in [0.2, 0.25) is 0 Å².